The Balaban J connectivity index is 2.94. The van der Waals surface area contributed by atoms with Gasteiger partial charge in [0, 0.05) is 0 Å². The first kappa shape index (κ1) is 12.8. The molecule has 0 fully saturated rings. The molecule has 0 spiro atoms. The molecule has 0 saturated heterocycles. The fourth-order valence-corrected chi connectivity index (χ4v) is 1.17. The molecule has 0 N–H and O–H groups in total. The number of benzene rings is 1. The molecule has 0 bridgehead atoms. The van der Waals surface area contributed by atoms with Gasteiger partial charge in [-0.3, -0.25) is 0 Å². The molecule has 2 nitrogen and oxygen atoms in total. The molecule has 0 radical (unpaired) electrons. The Bertz CT molecular complexity index is 409. The van der Waals surface area contributed by atoms with Gasteiger partial charge in [-0.1, -0.05) is 19.4 Å². The van der Waals surface area contributed by atoms with E-state index in [1.807, 2.05) is 0 Å². The second-order valence-corrected chi connectivity index (χ2v) is 5.00. The van der Waals surface area contributed by atoms with E-state index in [1.165, 1.54) is 35.8 Å². The Hall–Kier alpha value is -1.31. The topological polar surface area (TPSA) is 21.6 Å². The average molecular weight is 261 g/mol. The molecule has 1 aromatic carbocycles. The third kappa shape index (κ3) is 4.96. The summed E-state index contributed by atoms with van der Waals surface area (Å²) in [6.07, 6.45) is 0.0843. The van der Waals surface area contributed by atoms with Crippen LogP contribution in [0.5, 0.6) is 5.75 Å². The molecule has 0 aliphatic rings. The quantitative estimate of drug-likeness (QED) is 0.586. The Morgan fingerprint density at radius 2 is 1.56 bits per heavy atom. The van der Waals surface area contributed by atoms with E-state index in [4.69, 9.17) is 4.74 Å². The lowest BCUT2D eigenvalue weighted by atomic mass is 10.2. The normalized spacial score (nSPS) is 16.9. The maximum absolute atomic E-state index is 11.8. The van der Waals surface area contributed by atoms with Gasteiger partial charge in [-0.25, -0.2) is 0 Å². The molecule has 0 atom stereocenters. The highest BCUT2D eigenvalue weighted by molar-refractivity contribution is 8.44. The van der Waals surface area contributed by atoms with Crippen LogP contribution in [0.2, 0.25) is 0 Å². The van der Waals surface area contributed by atoms with Crippen LogP contribution in [0.3, 0.4) is 0 Å². The summed E-state index contributed by atoms with van der Waals surface area (Å²) in [5, 5.41) is 0. The van der Waals surface area contributed by atoms with Gasteiger partial charge < -0.3 is 4.74 Å². The number of halogens is 5. The number of hydrogen-bond acceptors (Lipinski definition) is 2. The summed E-state index contributed by atoms with van der Waals surface area (Å²) >= 11 is 0. The molecule has 0 heterocycles. The van der Waals surface area contributed by atoms with Crippen molar-refractivity contribution in [1.29, 1.82) is 0 Å². The van der Waals surface area contributed by atoms with Gasteiger partial charge in [0.25, 0.3) is 0 Å². The molecule has 1 aromatic rings. The third-order valence-corrected chi connectivity index (χ3v) is 2.02. The molecule has 0 unspecified atom stereocenters. The van der Waals surface area contributed by atoms with Gasteiger partial charge in [-0.15, -0.1) is 4.40 Å². The SMILES string of the molecule is COc1ccc(/C=N/S(F)(F)(F)(F)F)cc1. The largest absolute Gasteiger partial charge is 0.497 e. The van der Waals surface area contributed by atoms with Crippen LogP contribution in [-0.4, -0.2) is 13.3 Å². The van der Waals surface area contributed by atoms with Crippen molar-refractivity contribution in [2.45, 2.75) is 0 Å². The number of ether oxygens (including phenoxy) is 1. The van der Waals surface area contributed by atoms with Gasteiger partial charge >= 0.3 is 10.4 Å². The summed E-state index contributed by atoms with van der Waals surface area (Å²) in [7, 11) is -8.34. The fourth-order valence-electron chi connectivity index (χ4n) is 0.850. The van der Waals surface area contributed by atoms with Crippen LogP contribution in [-0.2, 0) is 0 Å². The lowest BCUT2D eigenvalue weighted by Gasteiger charge is -2.34. The highest BCUT2D eigenvalue weighted by Crippen LogP contribution is 2.98. The van der Waals surface area contributed by atoms with Crippen molar-refractivity contribution in [2.24, 2.45) is 4.40 Å². The second-order valence-electron chi connectivity index (χ2n) is 2.94. The predicted octanol–water partition coefficient (Wildman–Crippen LogP) is 4.33. The van der Waals surface area contributed by atoms with Crippen LogP contribution in [0.1, 0.15) is 5.56 Å². The van der Waals surface area contributed by atoms with Crippen molar-refractivity contribution in [3.63, 3.8) is 0 Å². The second kappa shape index (κ2) is 3.09. The van der Waals surface area contributed by atoms with E-state index in [2.05, 4.69) is 0 Å². The Labute approximate surface area is 88.6 Å². The van der Waals surface area contributed by atoms with E-state index in [9.17, 15) is 19.4 Å². The van der Waals surface area contributed by atoms with E-state index >= 15 is 0 Å². The van der Waals surface area contributed by atoms with E-state index in [0.29, 0.717) is 5.75 Å². The van der Waals surface area contributed by atoms with Crippen molar-refractivity contribution in [2.75, 3.05) is 7.11 Å². The summed E-state index contributed by atoms with van der Waals surface area (Å²) in [5.41, 5.74) is -0.0888. The van der Waals surface area contributed by atoms with E-state index in [-0.39, 0.29) is 11.8 Å². The molecule has 92 valence electrons. The van der Waals surface area contributed by atoms with Crippen LogP contribution in [0.4, 0.5) is 19.4 Å². The molecule has 0 aliphatic heterocycles. The molecule has 0 saturated carbocycles. The molecule has 16 heavy (non-hydrogen) atoms. The predicted molar refractivity (Wildman–Crippen MR) is 53.7 cm³/mol. The number of hydrogen-bond donors (Lipinski definition) is 0. The molecule has 0 aromatic heterocycles. The summed E-state index contributed by atoms with van der Waals surface area (Å²) in [5.74, 6) is 0.407. The summed E-state index contributed by atoms with van der Waals surface area (Å²) < 4.78 is 65.3. The van der Waals surface area contributed by atoms with Gasteiger partial charge in [0.15, 0.2) is 0 Å². The Kier molecular flexibility index (Phi) is 2.47. The molecular formula is C8H8F5NOS. The van der Waals surface area contributed by atoms with E-state index < -0.39 is 10.4 Å². The van der Waals surface area contributed by atoms with Gasteiger partial charge in [0.05, 0.1) is 13.3 Å². The van der Waals surface area contributed by atoms with Crippen LogP contribution in [0.25, 0.3) is 0 Å². The van der Waals surface area contributed by atoms with E-state index in [0.717, 1.165) is 0 Å². The van der Waals surface area contributed by atoms with Gasteiger partial charge in [0.1, 0.15) is 5.75 Å². The molecular weight excluding hydrogens is 253 g/mol. The Morgan fingerprint density at radius 1 is 1.06 bits per heavy atom. The number of rotatable bonds is 3. The fraction of sp³-hybridized carbons (Fsp3) is 0.125. The molecule has 0 aliphatic carbocycles. The van der Waals surface area contributed by atoms with Crippen molar-refractivity contribution < 1.29 is 24.2 Å². The van der Waals surface area contributed by atoms with Gasteiger partial charge in [-0.05, 0) is 29.8 Å². The summed E-state index contributed by atoms with van der Waals surface area (Å²) in [4.78, 5) is 0. The van der Waals surface area contributed by atoms with Crippen LogP contribution < -0.4 is 4.74 Å². The zero-order valence-corrected chi connectivity index (χ0v) is 8.86. The molecule has 8 heteroatoms. The summed E-state index contributed by atoms with van der Waals surface area (Å²) in [6, 6.07) is 5.05. The van der Waals surface area contributed by atoms with Crippen molar-refractivity contribution in [1.82, 2.24) is 0 Å². The zero-order chi connectivity index (χ0) is 12.5. The van der Waals surface area contributed by atoms with Crippen molar-refractivity contribution in [3.8, 4) is 5.75 Å². The average Bonchev–Trinajstić information content (AvgIpc) is 2.13. The van der Waals surface area contributed by atoms with Crippen molar-refractivity contribution in [3.05, 3.63) is 29.8 Å². The minimum atomic E-state index is -9.71. The lowest BCUT2D eigenvalue weighted by Crippen LogP contribution is -2.00. The van der Waals surface area contributed by atoms with Crippen LogP contribution in [0, 0.1) is 0 Å². The smallest absolute Gasteiger partial charge is 0.381 e. The molecule has 1 rings (SSSR count). The maximum Gasteiger partial charge on any atom is 0.381 e. The first-order chi connectivity index (χ1) is 6.99. The van der Waals surface area contributed by atoms with Gasteiger partial charge in [-0.2, -0.15) is 0 Å². The van der Waals surface area contributed by atoms with Crippen LogP contribution in [0.15, 0.2) is 28.7 Å². The standard InChI is InChI=1S/C8H8F5NOS/c1-15-8-4-2-7(3-5-8)6-14-16(9,10,11,12)13/h2-6H,1H3/b14-6+. The minimum absolute atomic E-state index is 0.0843. The zero-order valence-electron chi connectivity index (χ0n) is 8.04. The number of methoxy groups -OCH3 is 1. The highest BCUT2D eigenvalue weighted by Gasteiger charge is 2.63. The molecule has 0 amide bonds. The Morgan fingerprint density at radius 3 is 1.94 bits per heavy atom. The minimum Gasteiger partial charge on any atom is -0.497 e. The van der Waals surface area contributed by atoms with Crippen LogP contribution >= 0.6 is 10.4 Å². The summed E-state index contributed by atoms with van der Waals surface area (Å²) in [6.45, 7) is 0. The van der Waals surface area contributed by atoms with E-state index in [1.54, 1.807) is 0 Å². The highest BCUT2D eigenvalue weighted by atomic mass is 32.5. The lowest BCUT2D eigenvalue weighted by molar-refractivity contribution is 0.367. The maximum atomic E-state index is 11.8. The third-order valence-electron chi connectivity index (χ3n) is 1.52. The monoisotopic (exact) mass is 261 g/mol. The van der Waals surface area contributed by atoms with Crippen molar-refractivity contribution >= 4 is 16.6 Å². The first-order valence-electron chi connectivity index (χ1n) is 3.93. The van der Waals surface area contributed by atoms with Gasteiger partial charge in [0.2, 0.25) is 0 Å². The number of nitrogens with zero attached hydrogens (tertiary/aromatic N) is 1. The first-order valence-corrected chi connectivity index (χ1v) is 5.84.